The second-order valence-electron chi connectivity index (χ2n) is 3.78. The van der Waals surface area contributed by atoms with Crippen LogP contribution < -0.4 is 16.4 Å². The molecule has 0 saturated carbocycles. The fourth-order valence-corrected chi connectivity index (χ4v) is 1.38. The number of hydrogen-bond acceptors (Lipinski definition) is 6. The molecule has 0 aromatic heterocycles. The third kappa shape index (κ3) is 11.3. The third-order valence-corrected chi connectivity index (χ3v) is 2.16. The zero-order valence-electron chi connectivity index (χ0n) is 10.4. The van der Waals surface area contributed by atoms with Gasteiger partial charge in [-0.2, -0.15) is 0 Å². The molecular weight excluding hydrogens is 240 g/mol. The van der Waals surface area contributed by atoms with E-state index < -0.39 is 11.9 Å². The van der Waals surface area contributed by atoms with Crippen molar-refractivity contribution in [3.63, 3.8) is 0 Å². The fourth-order valence-electron chi connectivity index (χ4n) is 1.38. The van der Waals surface area contributed by atoms with Crippen molar-refractivity contribution in [3.05, 3.63) is 0 Å². The maximum absolute atomic E-state index is 10.6. The molecule has 0 aromatic rings. The number of nitrogens with two attached hydrogens (primary N) is 1. The topological polar surface area (TPSA) is 128 Å². The monoisotopic (exact) mass is 262 g/mol. The number of hydrogen-bond donors (Lipinski definition) is 5. The van der Waals surface area contributed by atoms with Gasteiger partial charge >= 0.3 is 11.9 Å². The fraction of sp³-hybridized carbons (Fsp3) is 0.800. The van der Waals surface area contributed by atoms with E-state index in [1.165, 1.54) is 0 Å². The molecule has 0 rings (SSSR count). The van der Waals surface area contributed by atoms with Crippen LogP contribution in [0.3, 0.4) is 0 Å². The van der Waals surface area contributed by atoms with E-state index in [-0.39, 0.29) is 13.1 Å². The number of aliphatic carboxylic acids is 2. The molecule has 0 atom stereocenters. The normalized spacial score (nSPS) is 10.8. The van der Waals surface area contributed by atoms with E-state index in [0.717, 1.165) is 0 Å². The predicted octanol–water partition coefficient (Wildman–Crippen LogP) is -2.40. The average Bonchev–Trinajstić information content (AvgIpc) is 2.26. The molecule has 106 valence electrons. The molecule has 0 aliphatic carbocycles. The molecular formula is C10H22N4O4. The van der Waals surface area contributed by atoms with E-state index in [2.05, 4.69) is 10.6 Å². The van der Waals surface area contributed by atoms with Crippen LogP contribution in [0.15, 0.2) is 0 Å². The Morgan fingerprint density at radius 1 is 1.00 bits per heavy atom. The van der Waals surface area contributed by atoms with E-state index in [1.807, 2.05) is 0 Å². The van der Waals surface area contributed by atoms with Crippen molar-refractivity contribution >= 4 is 11.9 Å². The minimum Gasteiger partial charge on any atom is -0.480 e. The Kier molecular flexibility index (Phi) is 10.2. The van der Waals surface area contributed by atoms with Gasteiger partial charge in [0.05, 0.1) is 13.1 Å². The lowest BCUT2D eigenvalue weighted by Crippen LogP contribution is -2.40. The van der Waals surface area contributed by atoms with E-state index >= 15 is 0 Å². The van der Waals surface area contributed by atoms with Gasteiger partial charge in [0.2, 0.25) is 0 Å². The molecule has 8 heteroatoms. The highest BCUT2D eigenvalue weighted by Gasteiger charge is 2.07. The summed E-state index contributed by atoms with van der Waals surface area (Å²) in [6, 6.07) is 0. The van der Waals surface area contributed by atoms with Crippen LogP contribution in [-0.4, -0.2) is 79.4 Å². The minimum absolute atomic E-state index is 0.0177. The van der Waals surface area contributed by atoms with Crippen molar-refractivity contribution in [1.82, 2.24) is 15.5 Å². The van der Waals surface area contributed by atoms with Crippen LogP contribution >= 0.6 is 0 Å². The maximum Gasteiger partial charge on any atom is 0.317 e. The first kappa shape index (κ1) is 16.8. The summed E-state index contributed by atoms with van der Waals surface area (Å²) in [5.41, 5.74) is 5.38. The first-order chi connectivity index (χ1) is 8.56. The van der Waals surface area contributed by atoms with Crippen molar-refractivity contribution in [2.24, 2.45) is 5.73 Å². The van der Waals surface area contributed by atoms with Gasteiger partial charge in [-0.3, -0.25) is 14.5 Å². The lowest BCUT2D eigenvalue weighted by Gasteiger charge is -2.19. The molecule has 0 aliphatic heterocycles. The summed E-state index contributed by atoms with van der Waals surface area (Å²) >= 11 is 0. The number of nitrogens with zero attached hydrogens (tertiary/aromatic N) is 1. The Morgan fingerprint density at radius 3 is 2.22 bits per heavy atom. The molecule has 0 saturated heterocycles. The summed E-state index contributed by atoms with van der Waals surface area (Å²) in [7, 11) is 0. The van der Waals surface area contributed by atoms with Crippen molar-refractivity contribution in [2.45, 2.75) is 0 Å². The highest BCUT2D eigenvalue weighted by molar-refractivity contribution is 5.69. The van der Waals surface area contributed by atoms with Crippen LogP contribution in [0.4, 0.5) is 0 Å². The van der Waals surface area contributed by atoms with Crippen LogP contribution in [0.25, 0.3) is 0 Å². The lowest BCUT2D eigenvalue weighted by atomic mass is 10.4. The van der Waals surface area contributed by atoms with Crippen LogP contribution in [0.5, 0.6) is 0 Å². The highest BCUT2D eigenvalue weighted by Crippen LogP contribution is 1.85. The number of carboxylic acids is 2. The zero-order chi connectivity index (χ0) is 13.8. The SMILES string of the molecule is NCCN(CCNCCNCC(=O)O)CC(=O)O. The van der Waals surface area contributed by atoms with Crippen LogP contribution in [0, 0.1) is 0 Å². The Labute approximate surface area is 106 Å². The molecule has 0 fully saturated rings. The number of carbonyl (C=O) groups is 2. The predicted molar refractivity (Wildman–Crippen MR) is 66.5 cm³/mol. The van der Waals surface area contributed by atoms with Gasteiger partial charge in [0.25, 0.3) is 0 Å². The summed E-state index contributed by atoms with van der Waals surface area (Å²) in [6.07, 6.45) is 0. The highest BCUT2D eigenvalue weighted by atomic mass is 16.4. The van der Waals surface area contributed by atoms with E-state index in [9.17, 15) is 9.59 Å². The molecule has 0 amide bonds. The van der Waals surface area contributed by atoms with Gasteiger partial charge in [-0.25, -0.2) is 0 Å². The minimum atomic E-state index is -0.884. The molecule has 0 spiro atoms. The zero-order valence-corrected chi connectivity index (χ0v) is 10.4. The summed E-state index contributed by atoms with van der Waals surface area (Å²) in [5.74, 6) is -1.75. The van der Waals surface area contributed by atoms with E-state index in [4.69, 9.17) is 15.9 Å². The van der Waals surface area contributed by atoms with Gasteiger partial charge in [-0.1, -0.05) is 0 Å². The molecule has 0 aliphatic rings. The first-order valence-corrected chi connectivity index (χ1v) is 5.83. The van der Waals surface area contributed by atoms with E-state index in [0.29, 0.717) is 39.3 Å². The third-order valence-electron chi connectivity index (χ3n) is 2.16. The van der Waals surface area contributed by atoms with Crippen LogP contribution in [0.1, 0.15) is 0 Å². The number of carboxylic acid groups (broad SMARTS) is 2. The molecule has 8 nitrogen and oxygen atoms in total. The van der Waals surface area contributed by atoms with E-state index in [1.54, 1.807) is 4.90 Å². The standard InChI is InChI=1S/C10H22N4O4/c11-1-5-14(8-10(17)18)6-4-12-2-3-13-7-9(15)16/h12-13H,1-8,11H2,(H,15,16)(H,17,18). The Hall–Kier alpha value is -1.22. The number of rotatable bonds is 12. The smallest absolute Gasteiger partial charge is 0.317 e. The summed E-state index contributed by atoms with van der Waals surface area (Å²) < 4.78 is 0. The average molecular weight is 262 g/mol. The van der Waals surface area contributed by atoms with Crippen molar-refractivity contribution in [3.8, 4) is 0 Å². The first-order valence-electron chi connectivity index (χ1n) is 5.83. The van der Waals surface area contributed by atoms with Gasteiger partial charge in [0, 0.05) is 39.3 Å². The van der Waals surface area contributed by atoms with Gasteiger partial charge in [0.15, 0.2) is 0 Å². The van der Waals surface area contributed by atoms with Crippen molar-refractivity contribution in [1.29, 1.82) is 0 Å². The van der Waals surface area contributed by atoms with Crippen molar-refractivity contribution in [2.75, 3.05) is 52.4 Å². The Bertz CT molecular complexity index is 250. The molecule has 0 unspecified atom stereocenters. The second-order valence-corrected chi connectivity index (χ2v) is 3.78. The lowest BCUT2D eigenvalue weighted by molar-refractivity contribution is -0.138. The summed E-state index contributed by atoms with van der Waals surface area (Å²) in [6.45, 7) is 3.33. The summed E-state index contributed by atoms with van der Waals surface area (Å²) in [5, 5.41) is 22.9. The molecule has 0 aromatic carbocycles. The van der Waals surface area contributed by atoms with Gasteiger partial charge in [0.1, 0.15) is 0 Å². The molecule has 18 heavy (non-hydrogen) atoms. The number of nitrogens with one attached hydrogen (secondary N) is 2. The molecule has 6 N–H and O–H groups in total. The largest absolute Gasteiger partial charge is 0.480 e. The quantitative estimate of drug-likeness (QED) is 0.246. The second kappa shape index (κ2) is 10.9. The van der Waals surface area contributed by atoms with Crippen molar-refractivity contribution < 1.29 is 19.8 Å². The Balaban J connectivity index is 3.48. The molecule has 0 bridgehead atoms. The molecule has 0 heterocycles. The Morgan fingerprint density at radius 2 is 1.67 bits per heavy atom. The molecule has 0 radical (unpaired) electrons. The van der Waals surface area contributed by atoms with Crippen LogP contribution in [-0.2, 0) is 9.59 Å². The maximum atomic E-state index is 10.6. The van der Waals surface area contributed by atoms with Gasteiger partial charge < -0.3 is 26.6 Å². The van der Waals surface area contributed by atoms with Gasteiger partial charge in [-0.05, 0) is 0 Å². The van der Waals surface area contributed by atoms with Gasteiger partial charge in [-0.15, -0.1) is 0 Å². The van der Waals surface area contributed by atoms with Crippen LogP contribution in [0.2, 0.25) is 0 Å². The summed E-state index contributed by atoms with van der Waals surface area (Å²) in [4.78, 5) is 22.5.